The summed E-state index contributed by atoms with van der Waals surface area (Å²) in [4.78, 5) is 0. The summed E-state index contributed by atoms with van der Waals surface area (Å²) in [7, 11) is 0. The first-order valence-electron chi connectivity index (χ1n) is 7.11. The second kappa shape index (κ2) is 6.08. The van der Waals surface area contributed by atoms with Gasteiger partial charge < -0.3 is 5.32 Å². The molecule has 0 bridgehead atoms. The van der Waals surface area contributed by atoms with Gasteiger partial charge in [-0.25, -0.2) is 0 Å². The molecule has 0 unspecified atom stereocenters. The van der Waals surface area contributed by atoms with Gasteiger partial charge in [0.2, 0.25) is 0 Å². The van der Waals surface area contributed by atoms with Gasteiger partial charge in [0, 0.05) is 24.8 Å². The maximum Gasteiger partial charge on any atom is 0.148 e. The number of hydrogen-bond acceptors (Lipinski definition) is 2. The number of aryl methyl sites for hydroxylation is 1. The lowest BCUT2D eigenvalue weighted by Gasteiger charge is -2.28. The molecule has 1 aromatic heterocycles. The normalized spacial score (nSPS) is 24.8. The highest BCUT2D eigenvalue weighted by Gasteiger charge is 2.20. The Morgan fingerprint density at radius 3 is 2.65 bits per heavy atom. The molecule has 0 saturated heterocycles. The average Bonchev–Trinajstić information content (AvgIpc) is 2.80. The molecule has 0 amide bonds. The molecule has 3 heteroatoms. The molecule has 1 aromatic rings. The van der Waals surface area contributed by atoms with Crippen LogP contribution in [-0.4, -0.2) is 15.8 Å². The fraction of sp³-hybridized carbons (Fsp3) is 0.786. The molecule has 1 aliphatic carbocycles. The Hall–Kier alpha value is -0.990. The van der Waals surface area contributed by atoms with Crippen molar-refractivity contribution in [3.8, 4) is 0 Å². The molecule has 1 heterocycles. The highest BCUT2D eigenvalue weighted by Crippen LogP contribution is 2.29. The molecular weight excluding hydrogens is 210 g/mol. The summed E-state index contributed by atoms with van der Waals surface area (Å²) in [5.74, 6) is 2.03. The van der Waals surface area contributed by atoms with E-state index >= 15 is 0 Å². The minimum absolute atomic E-state index is 0.642. The number of rotatable bonds is 5. The summed E-state index contributed by atoms with van der Waals surface area (Å²) >= 11 is 0. The second-order valence-corrected chi connectivity index (χ2v) is 5.21. The van der Waals surface area contributed by atoms with Crippen LogP contribution in [-0.2, 0) is 6.54 Å². The van der Waals surface area contributed by atoms with Crippen molar-refractivity contribution in [3.05, 3.63) is 12.3 Å². The van der Waals surface area contributed by atoms with E-state index in [4.69, 9.17) is 0 Å². The number of hydrogen-bond donors (Lipinski definition) is 1. The molecule has 1 aliphatic rings. The SMILES string of the molecule is CCCC1CCC(Nc2ccn(CC)n2)CC1. The molecule has 1 fully saturated rings. The third-order valence-corrected chi connectivity index (χ3v) is 3.86. The van der Waals surface area contributed by atoms with E-state index in [0.29, 0.717) is 6.04 Å². The highest BCUT2D eigenvalue weighted by atomic mass is 15.3. The number of anilines is 1. The molecule has 3 nitrogen and oxygen atoms in total. The Morgan fingerprint density at radius 2 is 2.06 bits per heavy atom. The van der Waals surface area contributed by atoms with Crippen LogP contribution in [0, 0.1) is 5.92 Å². The van der Waals surface area contributed by atoms with Gasteiger partial charge in [-0.3, -0.25) is 4.68 Å². The van der Waals surface area contributed by atoms with Crippen molar-refractivity contribution in [2.45, 2.75) is 65.0 Å². The maximum absolute atomic E-state index is 4.48. The van der Waals surface area contributed by atoms with E-state index in [2.05, 4.69) is 30.3 Å². The minimum atomic E-state index is 0.642. The summed E-state index contributed by atoms with van der Waals surface area (Å²) in [5, 5.41) is 8.05. The molecule has 0 aromatic carbocycles. The van der Waals surface area contributed by atoms with Crippen LogP contribution in [0.2, 0.25) is 0 Å². The van der Waals surface area contributed by atoms with Gasteiger partial charge in [0.15, 0.2) is 0 Å². The van der Waals surface area contributed by atoms with Gasteiger partial charge in [0.1, 0.15) is 5.82 Å². The van der Waals surface area contributed by atoms with Crippen LogP contribution in [0.15, 0.2) is 12.3 Å². The average molecular weight is 235 g/mol. The lowest BCUT2D eigenvalue weighted by Crippen LogP contribution is -2.26. The molecule has 0 radical (unpaired) electrons. The zero-order chi connectivity index (χ0) is 12.1. The molecule has 1 N–H and O–H groups in total. The van der Waals surface area contributed by atoms with Gasteiger partial charge in [-0.15, -0.1) is 0 Å². The molecule has 1 saturated carbocycles. The fourth-order valence-electron chi connectivity index (χ4n) is 2.83. The van der Waals surface area contributed by atoms with Crippen LogP contribution in [0.25, 0.3) is 0 Å². The summed E-state index contributed by atoms with van der Waals surface area (Å²) in [6.07, 6.45) is 10.2. The van der Waals surface area contributed by atoms with Crippen molar-refractivity contribution in [1.29, 1.82) is 0 Å². The molecule has 96 valence electrons. The molecule has 0 spiro atoms. The number of aromatic nitrogens is 2. The van der Waals surface area contributed by atoms with Crippen molar-refractivity contribution in [2.75, 3.05) is 5.32 Å². The Kier molecular flexibility index (Phi) is 4.46. The Bertz CT molecular complexity index is 324. The molecule has 2 rings (SSSR count). The Morgan fingerprint density at radius 1 is 1.29 bits per heavy atom. The van der Waals surface area contributed by atoms with Crippen LogP contribution in [0.4, 0.5) is 5.82 Å². The highest BCUT2D eigenvalue weighted by molar-refractivity contribution is 5.33. The van der Waals surface area contributed by atoms with Crippen LogP contribution >= 0.6 is 0 Å². The van der Waals surface area contributed by atoms with Crippen LogP contribution in [0.1, 0.15) is 52.4 Å². The van der Waals surface area contributed by atoms with Crippen molar-refractivity contribution < 1.29 is 0 Å². The van der Waals surface area contributed by atoms with Crippen molar-refractivity contribution in [3.63, 3.8) is 0 Å². The topological polar surface area (TPSA) is 29.9 Å². The second-order valence-electron chi connectivity index (χ2n) is 5.21. The fourth-order valence-corrected chi connectivity index (χ4v) is 2.83. The summed E-state index contributed by atoms with van der Waals surface area (Å²) in [5.41, 5.74) is 0. The first kappa shape index (κ1) is 12.5. The number of nitrogens with one attached hydrogen (secondary N) is 1. The van der Waals surface area contributed by atoms with Crippen molar-refractivity contribution in [1.82, 2.24) is 9.78 Å². The van der Waals surface area contributed by atoms with Crippen molar-refractivity contribution >= 4 is 5.82 Å². The lowest BCUT2D eigenvalue weighted by atomic mass is 9.83. The largest absolute Gasteiger partial charge is 0.366 e. The third kappa shape index (κ3) is 3.48. The van der Waals surface area contributed by atoms with Gasteiger partial charge >= 0.3 is 0 Å². The molecule has 0 atom stereocenters. The zero-order valence-corrected chi connectivity index (χ0v) is 11.2. The van der Waals surface area contributed by atoms with Crippen LogP contribution in [0.3, 0.4) is 0 Å². The minimum Gasteiger partial charge on any atom is -0.366 e. The summed E-state index contributed by atoms with van der Waals surface area (Å²) in [6.45, 7) is 5.36. The standard InChI is InChI=1S/C14H25N3/c1-3-5-12-6-8-13(9-7-12)15-14-10-11-17(4-2)16-14/h10-13H,3-9H2,1-2H3,(H,15,16). The lowest BCUT2D eigenvalue weighted by molar-refractivity contribution is 0.318. The zero-order valence-electron chi connectivity index (χ0n) is 11.2. The van der Waals surface area contributed by atoms with Crippen LogP contribution < -0.4 is 5.32 Å². The van der Waals surface area contributed by atoms with E-state index in [1.165, 1.54) is 38.5 Å². The van der Waals surface area contributed by atoms with Gasteiger partial charge in [-0.05, 0) is 38.5 Å². The Balaban J connectivity index is 1.77. The van der Waals surface area contributed by atoms with Gasteiger partial charge in [-0.1, -0.05) is 19.8 Å². The predicted octanol–water partition coefficient (Wildman–Crippen LogP) is 3.67. The monoisotopic (exact) mass is 235 g/mol. The quantitative estimate of drug-likeness (QED) is 0.844. The van der Waals surface area contributed by atoms with E-state index in [-0.39, 0.29) is 0 Å². The Labute approximate surface area is 105 Å². The van der Waals surface area contributed by atoms with E-state index in [0.717, 1.165) is 18.3 Å². The smallest absolute Gasteiger partial charge is 0.148 e. The molecule has 17 heavy (non-hydrogen) atoms. The molecule has 0 aliphatic heterocycles. The van der Waals surface area contributed by atoms with E-state index in [9.17, 15) is 0 Å². The first-order chi connectivity index (χ1) is 8.31. The maximum atomic E-state index is 4.48. The van der Waals surface area contributed by atoms with Gasteiger partial charge in [0.05, 0.1) is 0 Å². The predicted molar refractivity (Wildman–Crippen MR) is 72.2 cm³/mol. The van der Waals surface area contributed by atoms with Gasteiger partial charge in [0.25, 0.3) is 0 Å². The van der Waals surface area contributed by atoms with Crippen LogP contribution in [0.5, 0.6) is 0 Å². The van der Waals surface area contributed by atoms with Crippen molar-refractivity contribution in [2.24, 2.45) is 5.92 Å². The van der Waals surface area contributed by atoms with E-state index in [1.807, 2.05) is 10.9 Å². The summed E-state index contributed by atoms with van der Waals surface area (Å²) < 4.78 is 1.98. The third-order valence-electron chi connectivity index (χ3n) is 3.86. The summed E-state index contributed by atoms with van der Waals surface area (Å²) in [6, 6.07) is 2.73. The number of nitrogens with zero attached hydrogens (tertiary/aromatic N) is 2. The first-order valence-corrected chi connectivity index (χ1v) is 7.11. The van der Waals surface area contributed by atoms with E-state index < -0.39 is 0 Å². The molecular formula is C14H25N3. The van der Waals surface area contributed by atoms with Gasteiger partial charge in [-0.2, -0.15) is 5.10 Å². The van der Waals surface area contributed by atoms with E-state index in [1.54, 1.807) is 0 Å².